The average molecular weight is 284 g/mol. The Kier molecular flexibility index (Phi) is 2.77. The summed E-state index contributed by atoms with van der Waals surface area (Å²) in [7, 11) is 0. The van der Waals surface area contributed by atoms with Gasteiger partial charge in [-0.15, -0.1) is 0 Å². The number of aromatic nitrogens is 2. The van der Waals surface area contributed by atoms with Gasteiger partial charge < -0.3 is 4.74 Å². The number of fused-ring (bicyclic) bond motifs is 1. The lowest BCUT2D eigenvalue weighted by molar-refractivity contribution is -0.0302. The fraction of sp³-hybridized carbons (Fsp3) is 0.545. The zero-order valence-corrected chi connectivity index (χ0v) is 10.6. The van der Waals surface area contributed by atoms with Crippen LogP contribution in [0.4, 0.5) is 0 Å². The Morgan fingerprint density at radius 3 is 2.94 bits per heavy atom. The number of hydrogen-bond donors (Lipinski definition) is 0. The van der Waals surface area contributed by atoms with E-state index in [1.165, 1.54) is 11.3 Å². The molecule has 0 aromatic carbocycles. The van der Waals surface area contributed by atoms with E-state index in [-0.39, 0.29) is 0 Å². The maximum Gasteiger partial charge on any atom is 0.132 e. The van der Waals surface area contributed by atoms with Gasteiger partial charge in [0, 0.05) is 37.3 Å². The Labute approximate surface area is 104 Å². The third kappa shape index (κ3) is 1.61. The minimum atomic E-state index is 0.440. The van der Waals surface area contributed by atoms with Crippen molar-refractivity contribution >= 4 is 15.9 Å². The quantitative estimate of drug-likeness (QED) is 0.826. The predicted molar refractivity (Wildman–Crippen MR) is 63.6 cm³/mol. The normalized spacial score (nSPS) is 21.9. The summed E-state index contributed by atoms with van der Waals surface area (Å²) in [6.45, 7) is 9.26. The molecule has 2 aliphatic heterocycles. The average Bonchev–Trinajstić information content (AvgIpc) is 2.54. The maximum absolute atomic E-state index is 5.23. The van der Waals surface area contributed by atoms with Gasteiger partial charge in [0.2, 0.25) is 0 Å². The third-order valence-electron chi connectivity index (χ3n) is 3.29. The smallest absolute Gasteiger partial charge is 0.132 e. The number of nitrogens with zero attached hydrogens (tertiary/aromatic N) is 3. The maximum atomic E-state index is 5.23. The minimum absolute atomic E-state index is 0.440. The molecule has 1 saturated heterocycles. The molecule has 3 rings (SSSR count). The van der Waals surface area contributed by atoms with Crippen LogP contribution in [0.3, 0.4) is 0 Å². The molecular formula is C11H14BrN3O. The number of hydrogen-bond acceptors (Lipinski definition) is 3. The highest BCUT2D eigenvalue weighted by molar-refractivity contribution is 9.10. The van der Waals surface area contributed by atoms with Crippen molar-refractivity contribution in [2.45, 2.75) is 19.0 Å². The molecule has 0 spiro atoms. The van der Waals surface area contributed by atoms with Gasteiger partial charge in [0.05, 0.1) is 19.3 Å². The summed E-state index contributed by atoms with van der Waals surface area (Å²) in [4.78, 5) is 2.22. The first kappa shape index (κ1) is 10.7. The van der Waals surface area contributed by atoms with Crippen molar-refractivity contribution in [3.63, 3.8) is 0 Å². The van der Waals surface area contributed by atoms with Gasteiger partial charge in [-0.1, -0.05) is 0 Å². The van der Waals surface area contributed by atoms with Crippen LogP contribution in [0.25, 0.3) is 0 Å². The lowest BCUT2D eigenvalue weighted by atomic mass is 10.1. The zero-order chi connectivity index (χ0) is 11.1. The van der Waals surface area contributed by atoms with Crippen LogP contribution in [0.1, 0.15) is 17.3 Å². The van der Waals surface area contributed by atoms with Gasteiger partial charge in [0.15, 0.2) is 0 Å². The van der Waals surface area contributed by atoms with Gasteiger partial charge in [-0.2, -0.15) is 5.10 Å². The monoisotopic (exact) mass is 283 g/mol. The summed E-state index contributed by atoms with van der Waals surface area (Å²) < 4.78 is 8.34. The Bertz CT molecular complexity index is 400. The van der Waals surface area contributed by atoms with Gasteiger partial charge in [-0.3, -0.25) is 9.58 Å². The molecule has 0 saturated carbocycles. The molecule has 0 bridgehead atoms. The summed E-state index contributed by atoms with van der Waals surface area (Å²) in [5.41, 5.74) is 2.66. The lowest BCUT2D eigenvalue weighted by Gasteiger charge is -2.30. The first-order valence-corrected chi connectivity index (χ1v) is 6.29. The molecule has 0 atom stereocenters. The van der Waals surface area contributed by atoms with Crippen LogP contribution in [-0.4, -0.2) is 34.4 Å². The van der Waals surface area contributed by atoms with E-state index < -0.39 is 0 Å². The molecular weight excluding hydrogens is 270 g/mol. The van der Waals surface area contributed by atoms with E-state index >= 15 is 0 Å². The Morgan fingerprint density at radius 1 is 1.50 bits per heavy atom. The third-order valence-corrected chi connectivity index (χ3v) is 3.93. The van der Waals surface area contributed by atoms with Crippen LogP contribution < -0.4 is 0 Å². The van der Waals surface area contributed by atoms with Gasteiger partial charge in [-0.05, 0) is 22.9 Å². The number of halogens is 1. The van der Waals surface area contributed by atoms with Crippen LogP contribution in [0, 0.1) is 13.5 Å². The fourth-order valence-corrected chi connectivity index (χ4v) is 2.77. The standard InChI is InChI=1S/C11H14BrN3O/c1-2-14-4-3-10-9(5-14)11(12)13-15(10)8-6-16-7-8/h2,8H,1,3-7H2. The summed E-state index contributed by atoms with van der Waals surface area (Å²) in [6, 6.07) is 0.440. The molecule has 0 aliphatic carbocycles. The molecule has 1 aromatic heterocycles. The lowest BCUT2D eigenvalue weighted by Crippen LogP contribution is -2.35. The Balaban J connectivity index is 1.93. The highest BCUT2D eigenvalue weighted by Gasteiger charge is 2.29. The largest absolute Gasteiger partial charge is 0.377 e. The van der Waals surface area contributed by atoms with Crippen molar-refractivity contribution in [1.82, 2.24) is 14.7 Å². The number of ether oxygens (including phenoxy) is 1. The van der Waals surface area contributed by atoms with Crippen molar-refractivity contribution in [3.8, 4) is 0 Å². The first-order chi connectivity index (χ1) is 7.79. The second-order valence-electron chi connectivity index (χ2n) is 4.25. The minimum Gasteiger partial charge on any atom is -0.377 e. The Morgan fingerprint density at radius 2 is 2.31 bits per heavy atom. The van der Waals surface area contributed by atoms with Gasteiger partial charge in [-0.25, -0.2) is 0 Å². The summed E-state index contributed by atoms with van der Waals surface area (Å²) in [6.07, 6.45) is 1.04. The van der Waals surface area contributed by atoms with E-state index in [0.29, 0.717) is 6.04 Å². The van der Waals surface area contributed by atoms with E-state index in [1.807, 2.05) is 6.54 Å². The van der Waals surface area contributed by atoms with Crippen LogP contribution in [0.15, 0.2) is 4.60 Å². The van der Waals surface area contributed by atoms with E-state index in [2.05, 4.69) is 37.5 Å². The van der Waals surface area contributed by atoms with Crippen molar-refractivity contribution < 1.29 is 4.74 Å². The zero-order valence-electron chi connectivity index (χ0n) is 9.03. The summed E-state index contributed by atoms with van der Waals surface area (Å²) in [5, 5.41) is 4.58. The van der Waals surface area contributed by atoms with E-state index in [4.69, 9.17) is 4.74 Å². The molecule has 0 unspecified atom stereocenters. The second-order valence-corrected chi connectivity index (χ2v) is 5.01. The van der Waals surface area contributed by atoms with Gasteiger partial charge in [0.1, 0.15) is 4.60 Å². The topological polar surface area (TPSA) is 30.3 Å². The van der Waals surface area contributed by atoms with Gasteiger partial charge in [0.25, 0.3) is 0 Å². The Hall–Kier alpha value is -0.390. The van der Waals surface area contributed by atoms with Crippen LogP contribution in [0.2, 0.25) is 0 Å². The summed E-state index contributed by atoms with van der Waals surface area (Å²) in [5.74, 6) is 0. The molecule has 86 valence electrons. The van der Waals surface area contributed by atoms with E-state index in [0.717, 1.165) is 37.3 Å². The SMILES string of the molecule is [CH2][CH]N1CCc2c(c(Br)nn2C2COC2)C1. The molecule has 2 radical (unpaired) electrons. The number of rotatable bonds is 2. The second kappa shape index (κ2) is 4.13. The van der Waals surface area contributed by atoms with Crippen molar-refractivity contribution in [2.24, 2.45) is 0 Å². The molecule has 2 aliphatic rings. The van der Waals surface area contributed by atoms with Crippen molar-refractivity contribution in [1.29, 1.82) is 0 Å². The molecule has 5 heteroatoms. The molecule has 0 amide bonds. The molecule has 0 N–H and O–H groups in total. The van der Waals surface area contributed by atoms with E-state index in [1.54, 1.807) is 0 Å². The highest BCUT2D eigenvalue weighted by atomic mass is 79.9. The molecule has 16 heavy (non-hydrogen) atoms. The molecule has 1 fully saturated rings. The highest BCUT2D eigenvalue weighted by Crippen LogP contribution is 2.30. The van der Waals surface area contributed by atoms with Gasteiger partial charge >= 0.3 is 0 Å². The van der Waals surface area contributed by atoms with Crippen LogP contribution >= 0.6 is 15.9 Å². The molecule has 4 nitrogen and oxygen atoms in total. The summed E-state index contributed by atoms with van der Waals surface area (Å²) >= 11 is 3.55. The molecule has 3 heterocycles. The van der Waals surface area contributed by atoms with Crippen LogP contribution in [0.5, 0.6) is 0 Å². The van der Waals surface area contributed by atoms with Crippen LogP contribution in [-0.2, 0) is 17.7 Å². The molecule has 1 aromatic rings. The van der Waals surface area contributed by atoms with Crippen molar-refractivity contribution in [3.05, 3.63) is 29.3 Å². The van der Waals surface area contributed by atoms with Crippen molar-refractivity contribution in [2.75, 3.05) is 19.8 Å². The first-order valence-electron chi connectivity index (χ1n) is 5.49. The fourth-order valence-electron chi connectivity index (χ4n) is 2.25. The predicted octanol–water partition coefficient (Wildman–Crippen LogP) is 1.57. The van der Waals surface area contributed by atoms with E-state index in [9.17, 15) is 0 Å².